The predicted molar refractivity (Wildman–Crippen MR) is 72.0 cm³/mol. The molecule has 1 atom stereocenters. The third kappa shape index (κ3) is 2.06. The molecule has 0 spiro atoms. The van der Waals surface area contributed by atoms with Gasteiger partial charge in [-0.1, -0.05) is 32.4 Å². The van der Waals surface area contributed by atoms with Crippen LogP contribution in [0.3, 0.4) is 0 Å². The van der Waals surface area contributed by atoms with Crippen molar-refractivity contribution in [3.8, 4) is 0 Å². The highest BCUT2D eigenvalue weighted by Gasteiger charge is 2.34. The van der Waals surface area contributed by atoms with E-state index in [9.17, 15) is 0 Å². The van der Waals surface area contributed by atoms with Crippen LogP contribution in [0.1, 0.15) is 20.8 Å². The van der Waals surface area contributed by atoms with Crippen molar-refractivity contribution in [2.24, 2.45) is 5.41 Å². The quantitative estimate of drug-likeness (QED) is 0.750. The van der Waals surface area contributed by atoms with Crippen LogP contribution in [0.15, 0.2) is 24.4 Å². The number of hydrogen-bond acceptors (Lipinski definition) is 3. The molecule has 0 fully saturated rings. The summed E-state index contributed by atoms with van der Waals surface area (Å²) in [4.78, 5) is 0. The number of halogens is 1. The number of hydrogen-bond donors (Lipinski definition) is 0. The lowest BCUT2D eigenvalue weighted by Crippen LogP contribution is -2.45. The largest absolute Gasteiger partial charge is 0.295 e. The highest BCUT2D eigenvalue weighted by molar-refractivity contribution is 7.19. The van der Waals surface area contributed by atoms with Gasteiger partial charge in [-0.2, -0.15) is 0 Å². The summed E-state index contributed by atoms with van der Waals surface area (Å²) in [6.45, 7) is 6.76. The SMILES string of the molecule is CN1C=CC(C(C)(C)C)N1c1ccc(Cl)s1. The van der Waals surface area contributed by atoms with Crippen molar-refractivity contribution >= 4 is 27.9 Å². The van der Waals surface area contributed by atoms with Gasteiger partial charge in [-0.05, 0) is 23.6 Å². The van der Waals surface area contributed by atoms with E-state index in [4.69, 9.17) is 11.6 Å². The molecule has 0 radical (unpaired) electrons. The van der Waals surface area contributed by atoms with Crippen molar-refractivity contribution in [1.82, 2.24) is 5.01 Å². The molecule has 1 aliphatic rings. The highest BCUT2D eigenvalue weighted by atomic mass is 35.5. The Kier molecular flexibility index (Phi) is 2.93. The smallest absolute Gasteiger partial charge is 0.112 e. The van der Waals surface area contributed by atoms with Gasteiger partial charge in [0.1, 0.15) is 5.00 Å². The standard InChI is InChI=1S/C12H17ClN2S/c1-12(2,3)9-7-8-14(4)15(9)11-6-5-10(13)16-11/h5-9H,1-4H3. The lowest BCUT2D eigenvalue weighted by molar-refractivity contribution is 0.294. The average Bonchev–Trinajstić information content (AvgIpc) is 2.70. The average molecular weight is 257 g/mol. The van der Waals surface area contributed by atoms with Crippen LogP contribution in [0.2, 0.25) is 4.34 Å². The maximum atomic E-state index is 6.00. The zero-order valence-electron chi connectivity index (χ0n) is 10.1. The molecule has 0 saturated heterocycles. The first-order chi connectivity index (χ1) is 7.39. The van der Waals surface area contributed by atoms with Crippen molar-refractivity contribution in [2.45, 2.75) is 26.8 Å². The summed E-state index contributed by atoms with van der Waals surface area (Å²) in [7, 11) is 2.07. The van der Waals surface area contributed by atoms with Gasteiger partial charge in [-0.25, -0.2) is 0 Å². The molecule has 0 aliphatic carbocycles. The fraction of sp³-hybridized carbons (Fsp3) is 0.500. The van der Waals surface area contributed by atoms with Gasteiger partial charge in [0, 0.05) is 13.2 Å². The molecule has 2 nitrogen and oxygen atoms in total. The van der Waals surface area contributed by atoms with Gasteiger partial charge in [0.2, 0.25) is 0 Å². The van der Waals surface area contributed by atoms with Crippen LogP contribution in [0.25, 0.3) is 0 Å². The Labute approximate surface area is 106 Å². The predicted octanol–water partition coefficient (Wildman–Crippen LogP) is 4.00. The van der Waals surface area contributed by atoms with Crippen molar-refractivity contribution < 1.29 is 0 Å². The van der Waals surface area contributed by atoms with Crippen LogP contribution in [-0.2, 0) is 0 Å². The first-order valence-corrected chi connectivity index (χ1v) is 6.54. The fourth-order valence-electron chi connectivity index (χ4n) is 1.93. The van der Waals surface area contributed by atoms with Gasteiger partial charge in [-0.15, -0.1) is 11.3 Å². The van der Waals surface area contributed by atoms with Crippen LogP contribution in [0, 0.1) is 5.41 Å². The molecule has 1 aromatic rings. The van der Waals surface area contributed by atoms with Gasteiger partial charge in [0.25, 0.3) is 0 Å². The Morgan fingerprint density at radius 1 is 1.31 bits per heavy atom. The third-order valence-electron chi connectivity index (χ3n) is 2.76. The molecule has 1 unspecified atom stereocenters. The summed E-state index contributed by atoms with van der Waals surface area (Å²) in [5.74, 6) is 0. The van der Waals surface area contributed by atoms with Gasteiger partial charge in [-0.3, -0.25) is 10.0 Å². The lowest BCUT2D eigenvalue weighted by atomic mass is 9.87. The van der Waals surface area contributed by atoms with Gasteiger partial charge in [0.05, 0.1) is 10.4 Å². The van der Waals surface area contributed by atoms with Gasteiger partial charge in [0.15, 0.2) is 0 Å². The Bertz CT molecular complexity index is 405. The van der Waals surface area contributed by atoms with E-state index < -0.39 is 0 Å². The molecular formula is C12H17ClN2S. The molecule has 1 aromatic heterocycles. The van der Waals surface area contributed by atoms with E-state index in [1.165, 1.54) is 5.00 Å². The number of thiophene rings is 1. The first kappa shape index (κ1) is 11.8. The molecule has 88 valence electrons. The lowest BCUT2D eigenvalue weighted by Gasteiger charge is -2.38. The number of anilines is 1. The Morgan fingerprint density at radius 2 is 2.00 bits per heavy atom. The second kappa shape index (κ2) is 3.97. The van der Waals surface area contributed by atoms with E-state index in [-0.39, 0.29) is 5.41 Å². The van der Waals surface area contributed by atoms with E-state index >= 15 is 0 Å². The van der Waals surface area contributed by atoms with E-state index in [0.29, 0.717) is 6.04 Å². The summed E-state index contributed by atoms with van der Waals surface area (Å²) in [5, 5.41) is 5.60. The van der Waals surface area contributed by atoms with Crippen LogP contribution in [0.5, 0.6) is 0 Å². The number of hydrazine groups is 1. The minimum Gasteiger partial charge on any atom is -0.295 e. The van der Waals surface area contributed by atoms with Crippen LogP contribution in [0.4, 0.5) is 5.00 Å². The zero-order valence-corrected chi connectivity index (χ0v) is 11.6. The Hall–Kier alpha value is -0.670. The highest BCUT2D eigenvalue weighted by Crippen LogP contribution is 2.38. The second-order valence-corrected chi connectivity index (χ2v) is 6.84. The van der Waals surface area contributed by atoms with Crippen LogP contribution < -0.4 is 5.01 Å². The Morgan fingerprint density at radius 3 is 2.50 bits per heavy atom. The molecule has 0 saturated carbocycles. The minimum absolute atomic E-state index is 0.206. The van der Waals surface area contributed by atoms with Crippen molar-refractivity contribution in [3.05, 3.63) is 28.7 Å². The molecule has 0 N–H and O–H groups in total. The third-order valence-corrected chi connectivity index (χ3v) is 3.98. The van der Waals surface area contributed by atoms with Gasteiger partial charge >= 0.3 is 0 Å². The molecule has 2 heterocycles. The molecule has 1 aliphatic heterocycles. The van der Waals surface area contributed by atoms with E-state index in [1.807, 2.05) is 6.07 Å². The summed E-state index contributed by atoms with van der Waals surface area (Å²) in [5.41, 5.74) is 0.206. The van der Waals surface area contributed by atoms with Crippen molar-refractivity contribution in [3.63, 3.8) is 0 Å². The van der Waals surface area contributed by atoms with Gasteiger partial charge < -0.3 is 0 Å². The first-order valence-electron chi connectivity index (χ1n) is 5.35. The molecule has 0 aromatic carbocycles. The normalized spacial score (nSPS) is 20.9. The summed E-state index contributed by atoms with van der Waals surface area (Å²) < 4.78 is 0.836. The summed E-state index contributed by atoms with van der Waals surface area (Å²) >= 11 is 7.62. The fourth-order valence-corrected chi connectivity index (χ4v) is 3.04. The molecule has 2 rings (SSSR count). The monoisotopic (exact) mass is 256 g/mol. The summed E-state index contributed by atoms with van der Waals surface area (Å²) in [6.07, 6.45) is 4.36. The van der Waals surface area contributed by atoms with Crippen LogP contribution in [-0.4, -0.2) is 18.1 Å². The van der Waals surface area contributed by atoms with Crippen molar-refractivity contribution in [1.29, 1.82) is 0 Å². The molecule has 4 heteroatoms. The van der Waals surface area contributed by atoms with E-state index in [0.717, 1.165) is 4.34 Å². The summed E-state index contributed by atoms with van der Waals surface area (Å²) in [6, 6.07) is 4.41. The molecule has 0 amide bonds. The topological polar surface area (TPSA) is 6.48 Å². The zero-order chi connectivity index (χ0) is 11.9. The molecular weight excluding hydrogens is 240 g/mol. The molecule has 16 heavy (non-hydrogen) atoms. The van der Waals surface area contributed by atoms with E-state index in [2.05, 4.69) is 56.2 Å². The van der Waals surface area contributed by atoms with Crippen LogP contribution >= 0.6 is 22.9 Å². The maximum absolute atomic E-state index is 6.00. The number of rotatable bonds is 1. The minimum atomic E-state index is 0.206. The van der Waals surface area contributed by atoms with E-state index in [1.54, 1.807) is 11.3 Å². The molecule has 0 bridgehead atoms. The maximum Gasteiger partial charge on any atom is 0.112 e. The Balaban J connectivity index is 2.32. The number of nitrogens with zero attached hydrogens (tertiary/aromatic N) is 2. The van der Waals surface area contributed by atoms with Crippen molar-refractivity contribution in [2.75, 3.05) is 12.1 Å². The second-order valence-electron chi connectivity index (χ2n) is 5.15.